The van der Waals surface area contributed by atoms with Crippen LogP contribution in [-0.4, -0.2) is 31.7 Å². The van der Waals surface area contributed by atoms with Gasteiger partial charge in [0.05, 0.1) is 18.3 Å². The van der Waals surface area contributed by atoms with Crippen LogP contribution in [0.15, 0.2) is 28.7 Å². The molecule has 16 heavy (non-hydrogen) atoms. The SMILES string of the molecule is NCC1COCC(=O)N1c1ccccc1Br. The fourth-order valence-electron chi connectivity index (χ4n) is 1.78. The van der Waals surface area contributed by atoms with Crippen LogP contribution in [0.2, 0.25) is 0 Å². The number of carbonyl (C=O) groups is 1. The highest BCUT2D eigenvalue weighted by Crippen LogP contribution is 2.28. The summed E-state index contributed by atoms with van der Waals surface area (Å²) in [6.07, 6.45) is 0. The summed E-state index contributed by atoms with van der Waals surface area (Å²) in [6, 6.07) is 7.54. The van der Waals surface area contributed by atoms with Crippen LogP contribution in [0.5, 0.6) is 0 Å². The number of ether oxygens (including phenoxy) is 1. The van der Waals surface area contributed by atoms with Gasteiger partial charge in [0.25, 0.3) is 5.91 Å². The van der Waals surface area contributed by atoms with Crippen molar-refractivity contribution in [2.75, 3.05) is 24.7 Å². The lowest BCUT2D eigenvalue weighted by Crippen LogP contribution is -2.53. The van der Waals surface area contributed by atoms with E-state index in [1.54, 1.807) is 4.90 Å². The van der Waals surface area contributed by atoms with Gasteiger partial charge in [-0.15, -0.1) is 0 Å². The fraction of sp³-hybridized carbons (Fsp3) is 0.364. The molecule has 0 radical (unpaired) electrons. The number of rotatable bonds is 2. The van der Waals surface area contributed by atoms with Crippen molar-refractivity contribution >= 4 is 27.5 Å². The second-order valence-corrected chi connectivity index (χ2v) is 4.47. The monoisotopic (exact) mass is 284 g/mol. The molecule has 1 aliphatic rings. The summed E-state index contributed by atoms with van der Waals surface area (Å²) in [6.45, 7) is 1.01. The zero-order valence-corrected chi connectivity index (χ0v) is 10.3. The lowest BCUT2D eigenvalue weighted by Gasteiger charge is -2.35. The molecule has 5 heteroatoms. The maximum atomic E-state index is 11.8. The number of halogens is 1. The first kappa shape index (κ1) is 11.6. The van der Waals surface area contributed by atoms with E-state index in [0.717, 1.165) is 10.2 Å². The third kappa shape index (κ3) is 2.11. The Hall–Kier alpha value is -0.910. The Kier molecular flexibility index (Phi) is 3.58. The van der Waals surface area contributed by atoms with Gasteiger partial charge in [0, 0.05) is 11.0 Å². The predicted molar refractivity (Wildman–Crippen MR) is 65.3 cm³/mol. The summed E-state index contributed by atoms with van der Waals surface area (Å²) >= 11 is 3.44. The van der Waals surface area contributed by atoms with Gasteiger partial charge in [-0.25, -0.2) is 0 Å². The molecule has 1 unspecified atom stereocenters. The molecule has 86 valence electrons. The third-order valence-electron chi connectivity index (χ3n) is 2.55. The highest BCUT2D eigenvalue weighted by Gasteiger charge is 2.29. The van der Waals surface area contributed by atoms with Crippen molar-refractivity contribution in [1.82, 2.24) is 0 Å². The van der Waals surface area contributed by atoms with Gasteiger partial charge < -0.3 is 15.4 Å². The zero-order valence-electron chi connectivity index (χ0n) is 8.73. The van der Waals surface area contributed by atoms with Crippen LogP contribution in [0.1, 0.15) is 0 Å². The highest BCUT2D eigenvalue weighted by molar-refractivity contribution is 9.10. The summed E-state index contributed by atoms with van der Waals surface area (Å²) in [7, 11) is 0. The van der Waals surface area contributed by atoms with Crippen molar-refractivity contribution in [3.05, 3.63) is 28.7 Å². The second-order valence-electron chi connectivity index (χ2n) is 3.62. The zero-order chi connectivity index (χ0) is 11.5. The summed E-state index contributed by atoms with van der Waals surface area (Å²) in [4.78, 5) is 13.6. The molecule has 4 nitrogen and oxygen atoms in total. The Morgan fingerprint density at radius 1 is 1.50 bits per heavy atom. The van der Waals surface area contributed by atoms with Crippen LogP contribution < -0.4 is 10.6 Å². The first-order chi connectivity index (χ1) is 7.74. The summed E-state index contributed by atoms with van der Waals surface area (Å²) < 4.78 is 6.08. The molecule has 2 N–H and O–H groups in total. The fourth-order valence-corrected chi connectivity index (χ4v) is 2.26. The molecule has 1 fully saturated rings. The van der Waals surface area contributed by atoms with Crippen LogP contribution in [0.25, 0.3) is 0 Å². The van der Waals surface area contributed by atoms with E-state index in [-0.39, 0.29) is 18.6 Å². The van der Waals surface area contributed by atoms with E-state index >= 15 is 0 Å². The largest absolute Gasteiger partial charge is 0.369 e. The molecule has 1 aliphatic heterocycles. The molecule has 1 amide bonds. The smallest absolute Gasteiger partial charge is 0.253 e. The first-order valence-electron chi connectivity index (χ1n) is 5.08. The average Bonchev–Trinajstić information content (AvgIpc) is 2.30. The quantitative estimate of drug-likeness (QED) is 0.886. The summed E-state index contributed by atoms with van der Waals surface area (Å²) in [5.74, 6) is -0.0476. The molecular formula is C11H13BrN2O2. The van der Waals surface area contributed by atoms with E-state index in [2.05, 4.69) is 15.9 Å². The van der Waals surface area contributed by atoms with E-state index in [0.29, 0.717) is 13.2 Å². The Bertz CT molecular complexity index is 397. The number of nitrogens with zero attached hydrogens (tertiary/aromatic N) is 1. The summed E-state index contributed by atoms with van der Waals surface area (Å²) in [5.41, 5.74) is 6.51. The Morgan fingerprint density at radius 3 is 2.94 bits per heavy atom. The molecule has 0 saturated carbocycles. The van der Waals surface area contributed by atoms with E-state index in [1.165, 1.54) is 0 Å². The van der Waals surface area contributed by atoms with Gasteiger partial charge >= 0.3 is 0 Å². The molecule has 1 heterocycles. The van der Waals surface area contributed by atoms with Crippen molar-refractivity contribution in [3.8, 4) is 0 Å². The second kappa shape index (κ2) is 4.95. The molecule has 0 bridgehead atoms. The number of hydrogen-bond donors (Lipinski definition) is 1. The molecule has 2 rings (SSSR count). The maximum Gasteiger partial charge on any atom is 0.253 e. The number of carbonyl (C=O) groups excluding carboxylic acids is 1. The van der Waals surface area contributed by atoms with E-state index in [9.17, 15) is 4.79 Å². The molecule has 0 aliphatic carbocycles. The van der Waals surface area contributed by atoms with Crippen molar-refractivity contribution in [3.63, 3.8) is 0 Å². The van der Waals surface area contributed by atoms with Gasteiger partial charge in [-0.2, -0.15) is 0 Å². The maximum absolute atomic E-state index is 11.8. The van der Waals surface area contributed by atoms with Crippen LogP contribution in [0.3, 0.4) is 0 Å². The normalized spacial score (nSPS) is 21.2. The number of para-hydroxylation sites is 1. The number of morpholine rings is 1. The molecule has 0 spiro atoms. The molecule has 1 aromatic carbocycles. The van der Waals surface area contributed by atoms with Crippen LogP contribution in [-0.2, 0) is 9.53 Å². The number of hydrogen-bond acceptors (Lipinski definition) is 3. The van der Waals surface area contributed by atoms with Crippen LogP contribution in [0.4, 0.5) is 5.69 Å². The minimum absolute atomic E-state index is 0.0476. The molecule has 0 aromatic heterocycles. The topological polar surface area (TPSA) is 55.6 Å². The van der Waals surface area contributed by atoms with Crippen LogP contribution in [0, 0.1) is 0 Å². The van der Waals surface area contributed by atoms with Gasteiger partial charge in [-0.1, -0.05) is 12.1 Å². The van der Waals surface area contributed by atoms with E-state index < -0.39 is 0 Å². The third-order valence-corrected chi connectivity index (χ3v) is 3.22. The molecule has 1 atom stereocenters. The number of anilines is 1. The minimum atomic E-state index is -0.0834. The Morgan fingerprint density at radius 2 is 2.25 bits per heavy atom. The Labute approximate surface area is 102 Å². The van der Waals surface area contributed by atoms with Gasteiger partial charge in [-0.3, -0.25) is 4.79 Å². The highest BCUT2D eigenvalue weighted by atomic mass is 79.9. The average molecular weight is 285 g/mol. The van der Waals surface area contributed by atoms with Crippen molar-refractivity contribution in [2.24, 2.45) is 5.73 Å². The number of nitrogens with two attached hydrogens (primary N) is 1. The summed E-state index contributed by atoms with van der Waals surface area (Å²) in [5, 5.41) is 0. The van der Waals surface area contributed by atoms with Crippen molar-refractivity contribution < 1.29 is 9.53 Å². The minimum Gasteiger partial charge on any atom is -0.369 e. The lowest BCUT2D eigenvalue weighted by molar-refractivity contribution is -0.127. The van der Waals surface area contributed by atoms with Gasteiger partial charge in [0.1, 0.15) is 6.61 Å². The van der Waals surface area contributed by atoms with Gasteiger partial charge in [0.2, 0.25) is 0 Å². The molecule has 1 saturated heterocycles. The molecule has 1 aromatic rings. The van der Waals surface area contributed by atoms with Crippen LogP contribution >= 0.6 is 15.9 Å². The van der Waals surface area contributed by atoms with Gasteiger partial charge in [0.15, 0.2) is 0 Å². The number of amides is 1. The lowest BCUT2D eigenvalue weighted by atomic mass is 10.2. The van der Waals surface area contributed by atoms with E-state index in [4.69, 9.17) is 10.5 Å². The number of benzene rings is 1. The van der Waals surface area contributed by atoms with Crippen molar-refractivity contribution in [2.45, 2.75) is 6.04 Å². The van der Waals surface area contributed by atoms with Gasteiger partial charge in [-0.05, 0) is 28.1 Å². The molecular weight excluding hydrogens is 272 g/mol. The van der Waals surface area contributed by atoms with Crippen molar-refractivity contribution in [1.29, 1.82) is 0 Å². The predicted octanol–water partition coefficient (Wildman–Crippen LogP) is 1.14. The standard InChI is InChI=1S/C11H13BrN2O2/c12-9-3-1-2-4-10(9)14-8(5-13)6-16-7-11(14)15/h1-4,8H,5-7,13H2. The Balaban J connectivity index is 2.36. The first-order valence-corrected chi connectivity index (χ1v) is 5.87. The van der Waals surface area contributed by atoms with E-state index in [1.807, 2.05) is 24.3 Å².